The van der Waals surface area contributed by atoms with Crippen LogP contribution in [0.25, 0.3) is 22.3 Å². The first-order chi connectivity index (χ1) is 15.2. The number of anilines is 2. The number of aryl methyl sites for hydroxylation is 1. The molecule has 152 valence electrons. The second kappa shape index (κ2) is 7.87. The Morgan fingerprint density at radius 2 is 1.65 bits per heavy atom. The fraction of sp³-hybridized carbons (Fsp3) is 0.0833. The Morgan fingerprint density at radius 3 is 2.32 bits per heavy atom. The van der Waals surface area contributed by atoms with Gasteiger partial charge in [-0.3, -0.25) is 19.5 Å². The van der Waals surface area contributed by atoms with Crippen LogP contribution in [0, 0.1) is 0 Å². The summed E-state index contributed by atoms with van der Waals surface area (Å²) in [5.74, 6) is 0. The predicted molar refractivity (Wildman–Crippen MR) is 121 cm³/mol. The van der Waals surface area contributed by atoms with Gasteiger partial charge in [-0.2, -0.15) is 0 Å². The van der Waals surface area contributed by atoms with Gasteiger partial charge in [0.05, 0.1) is 47.0 Å². The number of aromatic nitrogens is 5. The van der Waals surface area contributed by atoms with Gasteiger partial charge in [0.15, 0.2) is 0 Å². The standard InChI is InChI=1S/C24H20N6O/c1-29-22-9-8-17(13-21(22)28-24(29)31)23-18(5-2-12-27-23)16-30(19-6-3-10-25-14-19)20-7-4-11-26-15-20/h2-15H,16H2,1H3,(H,28,31). The van der Waals surface area contributed by atoms with Crippen molar-refractivity contribution in [3.8, 4) is 11.3 Å². The molecule has 0 atom stereocenters. The lowest BCUT2D eigenvalue weighted by Gasteiger charge is -2.25. The van der Waals surface area contributed by atoms with Crippen LogP contribution >= 0.6 is 0 Å². The molecule has 0 aliphatic rings. The van der Waals surface area contributed by atoms with Gasteiger partial charge in [0.1, 0.15) is 0 Å². The maximum absolute atomic E-state index is 12.0. The summed E-state index contributed by atoms with van der Waals surface area (Å²) in [4.78, 5) is 30.3. The topological polar surface area (TPSA) is 79.7 Å². The van der Waals surface area contributed by atoms with E-state index in [2.05, 4.69) is 30.9 Å². The lowest BCUT2D eigenvalue weighted by molar-refractivity contribution is 0.891. The van der Waals surface area contributed by atoms with Crippen molar-refractivity contribution in [2.24, 2.45) is 7.05 Å². The van der Waals surface area contributed by atoms with E-state index in [4.69, 9.17) is 0 Å². The summed E-state index contributed by atoms with van der Waals surface area (Å²) in [7, 11) is 1.76. The van der Waals surface area contributed by atoms with Crippen molar-refractivity contribution >= 4 is 22.4 Å². The van der Waals surface area contributed by atoms with Crippen LogP contribution in [0.5, 0.6) is 0 Å². The molecule has 0 saturated heterocycles. The molecule has 0 aliphatic heterocycles. The molecule has 0 radical (unpaired) electrons. The Hall–Kier alpha value is -4.26. The number of pyridine rings is 3. The Kier molecular flexibility index (Phi) is 4.76. The molecule has 0 spiro atoms. The third-order valence-electron chi connectivity index (χ3n) is 5.31. The molecule has 0 saturated carbocycles. The predicted octanol–water partition coefficient (Wildman–Crippen LogP) is 4.06. The molecule has 0 aliphatic carbocycles. The van der Waals surface area contributed by atoms with Crippen LogP contribution in [-0.4, -0.2) is 24.5 Å². The first kappa shape index (κ1) is 18.7. The highest BCUT2D eigenvalue weighted by Crippen LogP contribution is 2.30. The average molecular weight is 408 g/mol. The zero-order valence-corrected chi connectivity index (χ0v) is 16.9. The number of nitrogens with one attached hydrogen (secondary N) is 1. The lowest BCUT2D eigenvalue weighted by Crippen LogP contribution is -2.17. The van der Waals surface area contributed by atoms with Crippen molar-refractivity contribution in [2.45, 2.75) is 6.54 Å². The first-order valence-electron chi connectivity index (χ1n) is 9.91. The molecule has 0 amide bonds. The third-order valence-corrected chi connectivity index (χ3v) is 5.31. The van der Waals surface area contributed by atoms with Crippen LogP contribution in [0.2, 0.25) is 0 Å². The SMILES string of the molecule is Cn1c(=O)[nH]c2cc(-c3ncccc3CN(c3cccnc3)c3cccnc3)ccc21. The molecule has 4 heterocycles. The number of fused-ring (bicyclic) bond motifs is 1. The van der Waals surface area contributed by atoms with E-state index >= 15 is 0 Å². The van der Waals surface area contributed by atoms with Crippen LogP contribution in [0.15, 0.2) is 90.4 Å². The van der Waals surface area contributed by atoms with Crippen LogP contribution < -0.4 is 10.6 Å². The third kappa shape index (κ3) is 3.57. The van der Waals surface area contributed by atoms with Crippen LogP contribution in [0.4, 0.5) is 11.4 Å². The largest absolute Gasteiger partial charge is 0.334 e. The van der Waals surface area contributed by atoms with Gasteiger partial charge in [0, 0.05) is 31.2 Å². The van der Waals surface area contributed by atoms with E-state index in [9.17, 15) is 4.79 Å². The molecule has 0 unspecified atom stereocenters. The van der Waals surface area contributed by atoms with Gasteiger partial charge >= 0.3 is 5.69 Å². The minimum Gasteiger partial charge on any atom is -0.334 e. The minimum atomic E-state index is -0.132. The molecule has 0 bridgehead atoms. The summed E-state index contributed by atoms with van der Waals surface area (Å²) in [5, 5.41) is 0. The number of rotatable bonds is 5. The maximum Gasteiger partial charge on any atom is 0.326 e. The molecular formula is C24H20N6O. The van der Waals surface area contributed by atoms with Crippen molar-refractivity contribution in [3.63, 3.8) is 0 Å². The summed E-state index contributed by atoms with van der Waals surface area (Å²) in [6.07, 6.45) is 8.98. The van der Waals surface area contributed by atoms with E-state index in [1.165, 1.54) is 0 Å². The quantitative estimate of drug-likeness (QED) is 0.474. The van der Waals surface area contributed by atoms with E-state index < -0.39 is 0 Å². The van der Waals surface area contributed by atoms with Crippen molar-refractivity contribution in [2.75, 3.05) is 4.90 Å². The monoisotopic (exact) mass is 408 g/mol. The second-order valence-electron chi connectivity index (χ2n) is 7.24. The molecule has 7 nitrogen and oxygen atoms in total. The zero-order valence-electron chi connectivity index (χ0n) is 16.9. The van der Waals surface area contributed by atoms with E-state index in [-0.39, 0.29) is 5.69 Å². The highest BCUT2D eigenvalue weighted by atomic mass is 16.1. The number of hydrogen-bond acceptors (Lipinski definition) is 5. The molecule has 5 aromatic rings. The molecule has 5 rings (SSSR count). The lowest BCUT2D eigenvalue weighted by atomic mass is 10.0. The first-order valence-corrected chi connectivity index (χ1v) is 9.91. The number of nitrogens with zero attached hydrogens (tertiary/aromatic N) is 5. The van der Waals surface area contributed by atoms with Crippen LogP contribution in [0.3, 0.4) is 0 Å². The maximum atomic E-state index is 12.0. The highest BCUT2D eigenvalue weighted by Gasteiger charge is 2.15. The molecule has 4 aromatic heterocycles. The van der Waals surface area contributed by atoms with Gasteiger partial charge in [-0.15, -0.1) is 0 Å². The molecular weight excluding hydrogens is 388 g/mol. The average Bonchev–Trinajstić information content (AvgIpc) is 3.11. The number of hydrogen-bond donors (Lipinski definition) is 1. The number of imidazole rings is 1. The van der Waals surface area contributed by atoms with Crippen molar-refractivity contribution in [1.29, 1.82) is 0 Å². The Labute approximate surface area is 178 Å². The summed E-state index contributed by atoms with van der Waals surface area (Å²) >= 11 is 0. The fourth-order valence-electron chi connectivity index (χ4n) is 3.74. The van der Waals surface area contributed by atoms with Crippen molar-refractivity contribution in [3.05, 3.63) is 102 Å². The van der Waals surface area contributed by atoms with Gasteiger partial charge in [0.25, 0.3) is 0 Å². The minimum absolute atomic E-state index is 0.132. The summed E-state index contributed by atoms with van der Waals surface area (Å²) in [6, 6.07) is 17.8. The number of aromatic amines is 1. The highest BCUT2D eigenvalue weighted by molar-refractivity contribution is 5.82. The number of H-pyrrole nitrogens is 1. The van der Waals surface area contributed by atoms with Gasteiger partial charge in [-0.1, -0.05) is 12.1 Å². The molecule has 0 fully saturated rings. The summed E-state index contributed by atoms with van der Waals surface area (Å²) in [6.45, 7) is 0.587. The Bertz CT molecular complexity index is 1350. The normalized spacial score (nSPS) is 11.0. The Balaban J connectivity index is 1.59. The van der Waals surface area contributed by atoms with E-state index in [0.717, 1.165) is 39.2 Å². The van der Waals surface area contributed by atoms with Crippen molar-refractivity contribution in [1.82, 2.24) is 24.5 Å². The smallest absolute Gasteiger partial charge is 0.326 e. The molecule has 1 aromatic carbocycles. The molecule has 31 heavy (non-hydrogen) atoms. The van der Waals surface area contributed by atoms with E-state index in [1.54, 1.807) is 30.2 Å². The van der Waals surface area contributed by atoms with Crippen LogP contribution in [0.1, 0.15) is 5.56 Å². The summed E-state index contributed by atoms with van der Waals surface area (Å²) < 4.78 is 1.60. The van der Waals surface area contributed by atoms with Gasteiger partial charge in [-0.05, 0) is 48.0 Å². The van der Waals surface area contributed by atoms with Crippen LogP contribution in [-0.2, 0) is 13.6 Å². The van der Waals surface area contributed by atoms with Gasteiger partial charge in [-0.25, -0.2) is 4.79 Å². The van der Waals surface area contributed by atoms with E-state index in [1.807, 2.05) is 60.9 Å². The Morgan fingerprint density at radius 1 is 0.935 bits per heavy atom. The fourth-order valence-corrected chi connectivity index (χ4v) is 3.74. The summed E-state index contributed by atoms with van der Waals surface area (Å²) in [5.41, 5.74) is 6.31. The van der Waals surface area contributed by atoms with Gasteiger partial charge in [0.2, 0.25) is 0 Å². The molecule has 1 N–H and O–H groups in total. The van der Waals surface area contributed by atoms with Crippen molar-refractivity contribution < 1.29 is 0 Å². The zero-order chi connectivity index (χ0) is 21.2. The number of benzene rings is 1. The molecule has 7 heteroatoms. The van der Waals surface area contributed by atoms with E-state index in [0.29, 0.717) is 6.54 Å². The van der Waals surface area contributed by atoms with Gasteiger partial charge < -0.3 is 9.88 Å². The second-order valence-corrected chi connectivity index (χ2v) is 7.24.